The van der Waals surface area contributed by atoms with E-state index in [1.54, 1.807) is 0 Å². The molecule has 0 saturated heterocycles. The molecule has 0 unspecified atom stereocenters. The first kappa shape index (κ1) is 12.4. The molecule has 0 amide bonds. The smallest absolute Gasteiger partial charge is 0.130 e. The van der Waals surface area contributed by atoms with Crippen LogP contribution in [0.2, 0.25) is 0 Å². The molecular formula is C17H18O. The molecule has 0 bridgehead atoms. The van der Waals surface area contributed by atoms with Crippen molar-refractivity contribution in [1.82, 2.24) is 0 Å². The summed E-state index contributed by atoms with van der Waals surface area (Å²) in [5.41, 5.74) is 3.59. The second-order valence-electron chi connectivity index (χ2n) is 4.43. The molecule has 2 aromatic carbocycles. The largest absolute Gasteiger partial charge is 0.457 e. The van der Waals surface area contributed by atoms with Crippen LogP contribution in [-0.4, -0.2) is 0 Å². The van der Waals surface area contributed by atoms with E-state index in [0.29, 0.717) is 0 Å². The van der Waals surface area contributed by atoms with E-state index in [9.17, 15) is 0 Å². The molecule has 18 heavy (non-hydrogen) atoms. The van der Waals surface area contributed by atoms with Crippen LogP contribution in [0.25, 0.3) is 5.76 Å². The van der Waals surface area contributed by atoms with E-state index in [1.807, 2.05) is 25.1 Å². The Balaban J connectivity index is 2.20. The molecule has 0 aliphatic heterocycles. The summed E-state index contributed by atoms with van der Waals surface area (Å²) in [6.07, 6.45) is 1.99. The van der Waals surface area contributed by atoms with Gasteiger partial charge < -0.3 is 4.74 Å². The Morgan fingerprint density at radius 2 is 1.33 bits per heavy atom. The lowest BCUT2D eigenvalue weighted by Crippen LogP contribution is -1.94. The first-order chi connectivity index (χ1) is 8.69. The number of aryl methyl sites for hydroxylation is 2. The van der Waals surface area contributed by atoms with Gasteiger partial charge in [0.05, 0.1) is 0 Å². The summed E-state index contributed by atoms with van der Waals surface area (Å²) < 4.78 is 5.91. The van der Waals surface area contributed by atoms with Gasteiger partial charge in [0, 0.05) is 5.56 Å². The van der Waals surface area contributed by atoms with Crippen molar-refractivity contribution in [2.24, 2.45) is 0 Å². The third kappa shape index (κ3) is 3.01. The predicted octanol–water partition coefficient (Wildman–Crippen LogP) is 4.74. The molecule has 0 atom stereocenters. The summed E-state index contributed by atoms with van der Waals surface area (Å²) in [5.74, 6) is 1.76. The van der Waals surface area contributed by atoms with Gasteiger partial charge >= 0.3 is 0 Å². The third-order valence-corrected chi connectivity index (χ3v) is 2.85. The molecular weight excluding hydrogens is 220 g/mol. The van der Waals surface area contributed by atoms with E-state index in [2.05, 4.69) is 50.2 Å². The average Bonchev–Trinajstić information content (AvgIpc) is 2.39. The van der Waals surface area contributed by atoms with Crippen molar-refractivity contribution in [2.75, 3.05) is 0 Å². The molecule has 0 aliphatic carbocycles. The maximum atomic E-state index is 5.91. The Hall–Kier alpha value is -2.02. The van der Waals surface area contributed by atoms with E-state index in [0.717, 1.165) is 17.1 Å². The van der Waals surface area contributed by atoms with Crippen molar-refractivity contribution < 1.29 is 4.74 Å². The fourth-order valence-electron chi connectivity index (χ4n) is 1.74. The lowest BCUT2D eigenvalue weighted by atomic mass is 10.1. The van der Waals surface area contributed by atoms with Crippen molar-refractivity contribution in [3.8, 4) is 5.75 Å². The van der Waals surface area contributed by atoms with Crippen LogP contribution in [0.3, 0.4) is 0 Å². The molecule has 0 fully saturated rings. The average molecular weight is 238 g/mol. The van der Waals surface area contributed by atoms with Crippen molar-refractivity contribution >= 4 is 5.76 Å². The fraction of sp³-hybridized carbons (Fsp3) is 0.176. The predicted molar refractivity (Wildman–Crippen MR) is 76.6 cm³/mol. The van der Waals surface area contributed by atoms with Gasteiger partial charge in [0.2, 0.25) is 0 Å². The number of allylic oxidation sites excluding steroid dienone is 1. The first-order valence-electron chi connectivity index (χ1n) is 6.17. The van der Waals surface area contributed by atoms with Crippen molar-refractivity contribution in [3.05, 3.63) is 71.3 Å². The summed E-state index contributed by atoms with van der Waals surface area (Å²) in [4.78, 5) is 0. The quantitative estimate of drug-likeness (QED) is 0.701. The highest BCUT2D eigenvalue weighted by atomic mass is 16.5. The Morgan fingerprint density at radius 1 is 0.833 bits per heavy atom. The van der Waals surface area contributed by atoms with Gasteiger partial charge in [-0.1, -0.05) is 47.5 Å². The van der Waals surface area contributed by atoms with Crippen LogP contribution in [0.4, 0.5) is 0 Å². The summed E-state index contributed by atoms with van der Waals surface area (Å²) in [7, 11) is 0. The summed E-state index contributed by atoms with van der Waals surface area (Å²) in [6, 6.07) is 16.4. The number of hydrogen-bond acceptors (Lipinski definition) is 1. The second kappa shape index (κ2) is 5.54. The van der Waals surface area contributed by atoms with E-state index >= 15 is 0 Å². The first-order valence-corrected chi connectivity index (χ1v) is 6.17. The number of hydrogen-bond donors (Lipinski definition) is 0. The zero-order valence-electron chi connectivity index (χ0n) is 11.1. The van der Waals surface area contributed by atoms with Crippen molar-refractivity contribution in [3.63, 3.8) is 0 Å². The van der Waals surface area contributed by atoms with Crippen molar-refractivity contribution in [2.45, 2.75) is 20.8 Å². The SMILES string of the molecule is C/C=C(/Oc1ccc(C)cc1)c1ccc(C)cc1. The van der Waals surface area contributed by atoms with Crippen molar-refractivity contribution in [1.29, 1.82) is 0 Å². The van der Waals surface area contributed by atoms with Gasteiger partial charge in [0.25, 0.3) is 0 Å². The number of rotatable bonds is 3. The lowest BCUT2D eigenvalue weighted by Gasteiger charge is -2.10. The monoisotopic (exact) mass is 238 g/mol. The number of benzene rings is 2. The highest BCUT2D eigenvalue weighted by Crippen LogP contribution is 2.21. The van der Waals surface area contributed by atoms with E-state index in [1.165, 1.54) is 11.1 Å². The molecule has 0 N–H and O–H groups in total. The normalized spacial score (nSPS) is 11.4. The highest BCUT2D eigenvalue weighted by Gasteiger charge is 2.03. The molecule has 0 heterocycles. The van der Waals surface area contributed by atoms with Gasteiger partial charge in [-0.2, -0.15) is 0 Å². The molecule has 0 saturated carbocycles. The van der Waals surface area contributed by atoms with Crippen LogP contribution < -0.4 is 4.74 Å². The number of ether oxygens (including phenoxy) is 1. The summed E-state index contributed by atoms with van der Waals surface area (Å²) >= 11 is 0. The highest BCUT2D eigenvalue weighted by molar-refractivity contribution is 5.62. The van der Waals surface area contributed by atoms with Gasteiger partial charge in [0.15, 0.2) is 0 Å². The van der Waals surface area contributed by atoms with Crippen LogP contribution in [0.15, 0.2) is 54.6 Å². The zero-order chi connectivity index (χ0) is 13.0. The minimum absolute atomic E-state index is 0.870. The van der Waals surface area contributed by atoms with Crippen LogP contribution >= 0.6 is 0 Å². The molecule has 2 rings (SSSR count). The van der Waals surface area contributed by atoms with E-state index in [4.69, 9.17) is 4.74 Å². The lowest BCUT2D eigenvalue weighted by molar-refractivity contribution is 0.514. The van der Waals surface area contributed by atoms with Crippen LogP contribution in [-0.2, 0) is 0 Å². The van der Waals surface area contributed by atoms with Gasteiger partial charge in [-0.3, -0.25) is 0 Å². The van der Waals surface area contributed by atoms with E-state index < -0.39 is 0 Å². The minimum Gasteiger partial charge on any atom is -0.457 e. The Morgan fingerprint density at radius 3 is 1.83 bits per heavy atom. The van der Waals surface area contributed by atoms with Gasteiger partial charge in [-0.05, 0) is 39.0 Å². The topological polar surface area (TPSA) is 9.23 Å². The van der Waals surface area contributed by atoms with Gasteiger partial charge in [-0.25, -0.2) is 0 Å². The molecule has 0 radical (unpaired) electrons. The Labute approximate surface area is 109 Å². The third-order valence-electron chi connectivity index (χ3n) is 2.85. The Kier molecular flexibility index (Phi) is 3.83. The maximum Gasteiger partial charge on any atom is 0.130 e. The minimum atomic E-state index is 0.870. The fourth-order valence-corrected chi connectivity index (χ4v) is 1.74. The van der Waals surface area contributed by atoms with Gasteiger partial charge in [-0.15, -0.1) is 0 Å². The molecule has 1 heteroatoms. The molecule has 92 valence electrons. The molecule has 1 nitrogen and oxygen atoms in total. The standard InChI is InChI=1S/C17H18O/c1-4-17(15-9-5-13(2)6-10-15)18-16-11-7-14(3)8-12-16/h4-12H,1-3H3/b17-4+. The summed E-state index contributed by atoms with van der Waals surface area (Å²) in [5, 5.41) is 0. The Bertz CT molecular complexity index is 533. The summed E-state index contributed by atoms with van der Waals surface area (Å²) in [6.45, 7) is 6.14. The van der Waals surface area contributed by atoms with Crippen LogP contribution in [0.5, 0.6) is 5.75 Å². The van der Waals surface area contributed by atoms with Crippen LogP contribution in [0.1, 0.15) is 23.6 Å². The van der Waals surface area contributed by atoms with Gasteiger partial charge in [0.1, 0.15) is 11.5 Å². The molecule has 0 spiro atoms. The maximum absolute atomic E-state index is 5.91. The second-order valence-corrected chi connectivity index (χ2v) is 4.43. The molecule has 2 aromatic rings. The molecule has 0 aliphatic rings. The van der Waals surface area contributed by atoms with E-state index in [-0.39, 0.29) is 0 Å². The zero-order valence-corrected chi connectivity index (χ0v) is 11.1. The molecule has 0 aromatic heterocycles. The van der Waals surface area contributed by atoms with Crippen LogP contribution in [0, 0.1) is 13.8 Å².